The van der Waals surface area contributed by atoms with Crippen LogP contribution in [-0.2, 0) is 6.42 Å². The number of benzene rings is 1. The maximum Gasteiger partial charge on any atom is 0.228 e. The van der Waals surface area contributed by atoms with Gasteiger partial charge in [0.25, 0.3) is 0 Å². The minimum Gasteiger partial charge on any atom is -0.339 e. The molecule has 0 aliphatic carbocycles. The highest BCUT2D eigenvalue weighted by molar-refractivity contribution is 5.54. The molecule has 1 heterocycles. The van der Waals surface area contributed by atoms with Crippen molar-refractivity contribution in [2.45, 2.75) is 45.6 Å². The van der Waals surface area contributed by atoms with E-state index < -0.39 is 0 Å². The molecule has 0 spiro atoms. The Morgan fingerprint density at radius 2 is 1.89 bits per heavy atom. The van der Waals surface area contributed by atoms with Gasteiger partial charge in [0.05, 0.1) is 0 Å². The first kappa shape index (κ1) is 13.7. The molecule has 0 aliphatic rings. The number of hydrogen-bond donors (Lipinski definition) is 1. The summed E-state index contributed by atoms with van der Waals surface area (Å²) >= 11 is 0. The second kappa shape index (κ2) is 5.97. The van der Waals surface area contributed by atoms with Gasteiger partial charge in [0.15, 0.2) is 0 Å². The Hall–Kier alpha value is -1.68. The smallest absolute Gasteiger partial charge is 0.228 e. The second-order valence-electron chi connectivity index (χ2n) is 5.16. The van der Waals surface area contributed by atoms with Crippen molar-refractivity contribution in [3.8, 4) is 11.4 Å². The lowest BCUT2D eigenvalue weighted by molar-refractivity contribution is 0.368. The van der Waals surface area contributed by atoms with Gasteiger partial charge in [-0.3, -0.25) is 0 Å². The van der Waals surface area contributed by atoms with Crippen molar-refractivity contribution in [2.75, 3.05) is 0 Å². The fourth-order valence-corrected chi connectivity index (χ4v) is 1.84. The third-order valence-corrected chi connectivity index (χ3v) is 3.26. The molecule has 2 rings (SSSR count). The highest BCUT2D eigenvalue weighted by Gasteiger charge is 2.11. The van der Waals surface area contributed by atoms with Crippen LogP contribution in [0.15, 0.2) is 28.8 Å². The molecule has 0 bridgehead atoms. The lowest BCUT2D eigenvalue weighted by Crippen LogP contribution is -2.21. The van der Waals surface area contributed by atoms with E-state index in [2.05, 4.69) is 36.1 Å². The van der Waals surface area contributed by atoms with E-state index in [9.17, 15) is 0 Å². The first-order chi connectivity index (χ1) is 9.10. The SMILES string of the molecule is CCC(N)Cc1nc(-c2ccc(C(C)C)cc2)no1. The molecule has 19 heavy (non-hydrogen) atoms. The van der Waals surface area contributed by atoms with Gasteiger partial charge in [-0.2, -0.15) is 4.98 Å². The van der Waals surface area contributed by atoms with Gasteiger partial charge in [-0.15, -0.1) is 0 Å². The number of nitrogens with two attached hydrogens (primary N) is 1. The Morgan fingerprint density at radius 3 is 2.47 bits per heavy atom. The molecule has 4 nitrogen and oxygen atoms in total. The summed E-state index contributed by atoms with van der Waals surface area (Å²) in [6, 6.07) is 8.35. The van der Waals surface area contributed by atoms with Crippen molar-refractivity contribution >= 4 is 0 Å². The van der Waals surface area contributed by atoms with E-state index in [4.69, 9.17) is 10.3 Å². The minimum absolute atomic E-state index is 0.0802. The predicted molar refractivity (Wildman–Crippen MR) is 75.8 cm³/mol. The lowest BCUT2D eigenvalue weighted by atomic mass is 10.0. The van der Waals surface area contributed by atoms with E-state index in [0.717, 1.165) is 12.0 Å². The summed E-state index contributed by atoms with van der Waals surface area (Å²) in [5.41, 5.74) is 8.16. The number of rotatable bonds is 5. The molecule has 1 unspecified atom stereocenters. The topological polar surface area (TPSA) is 64.9 Å². The fraction of sp³-hybridized carbons (Fsp3) is 0.467. The monoisotopic (exact) mass is 259 g/mol. The average Bonchev–Trinajstić information content (AvgIpc) is 2.87. The summed E-state index contributed by atoms with van der Waals surface area (Å²) < 4.78 is 5.23. The lowest BCUT2D eigenvalue weighted by Gasteiger charge is -2.04. The zero-order valence-corrected chi connectivity index (χ0v) is 11.8. The molecule has 0 saturated carbocycles. The average molecular weight is 259 g/mol. The normalized spacial score (nSPS) is 12.9. The van der Waals surface area contributed by atoms with Crippen LogP contribution in [0.25, 0.3) is 11.4 Å². The van der Waals surface area contributed by atoms with Crippen molar-refractivity contribution in [1.29, 1.82) is 0 Å². The molecule has 2 N–H and O–H groups in total. The van der Waals surface area contributed by atoms with Gasteiger partial charge in [0, 0.05) is 18.0 Å². The largest absolute Gasteiger partial charge is 0.339 e. The highest BCUT2D eigenvalue weighted by atomic mass is 16.5. The summed E-state index contributed by atoms with van der Waals surface area (Å²) in [5.74, 6) is 1.77. The van der Waals surface area contributed by atoms with Gasteiger partial charge in [0.1, 0.15) is 0 Å². The van der Waals surface area contributed by atoms with Crippen molar-refractivity contribution < 1.29 is 4.52 Å². The van der Waals surface area contributed by atoms with Crippen LogP contribution in [0.1, 0.15) is 44.6 Å². The Kier molecular flexibility index (Phi) is 4.32. The number of hydrogen-bond acceptors (Lipinski definition) is 4. The molecule has 0 aliphatic heterocycles. The third kappa shape index (κ3) is 3.41. The zero-order valence-electron chi connectivity index (χ0n) is 11.8. The maximum absolute atomic E-state index is 5.88. The molecule has 1 aromatic carbocycles. The van der Waals surface area contributed by atoms with E-state index in [0.29, 0.717) is 24.1 Å². The molecule has 1 atom stereocenters. The third-order valence-electron chi connectivity index (χ3n) is 3.26. The molecule has 2 aromatic rings. The standard InChI is InChI=1S/C15H21N3O/c1-4-13(16)9-14-17-15(18-19-14)12-7-5-11(6-8-12)10(2)3/h5-8,10,13H,4,9,16H2,1-3H3. The van der Waals surface area contributed by atoms with Crippen LogP contribution in [0.2, 0.25) is 0 Å². The van der Waals surface area contributed by atoms with Crippen LogP contribution in [0.3, 0.4) is 0 Å². The van der Waals surface area contributed by atoms with Crippen molar-refractivity contribution in [3.05, 3.63) is 35.7 Å². The van der Waals surface area contributed by atoms with E-state index >= 15 is 0 Å². The van der Waals surface area contributed by atoms with Crippen LogP contribution >= 0.6 is 0 Å². The first-order valence-electron chi connectivity index (χ1n) is 6.78. The molecular weight excluding hydrogens is 238 g/mol. The Balaban J connectivity index is 2.13. The summed E-state index contributed by atoms with van der Waals surface area (Å²) in [6.07, 6.45) is 1.54. The summed E-state index contributed by atoms with van der Waals surface area (Å²) in [5, 5.41) is 4.01. The van der Waals surface area contributed by atoms with Gasteiger partial charge >= 0.3 is 0 Å². The highest BCUT2D eigenvalue weighted by Crippen LogP contribution is 2.20. The molecule has 0 saturated heterocycles. The van der Waals surface area contributed by atoms with Crippen LogP contribution < -0.4 is 5.73 Å². The van der Waals surface area contributed by atoms with Crippen molar-refractivity contribution in [2.24, 2.45) is 5.73 Å². The van der Waals surface area contributed by atoms with Crippen LogP contribution in [0.5, 0.6) is 0 Å². The molecular formula is C15H21N3O. The van der Waals surface area contributed by atoms with Gasteiger partial charge in [-0.1, -0.05) is 50.2 Å². The van der Waals surface area contributed by atoms with Crippen molar-refractivity contribution in [1.82, 2.24) is 10.1 Å². The summed E-state index contributed by atoms with van der Waals surface area (Å²) in [4.78, 5) is 4.39. The van der Waals surface area contributed by atoms with Gasteiger partial charge in [-0.25, -0.2) is 0 Å². The molecule has 4 heteroatoms. The molecule has 0 fully saturated rings. The number of aromatic nitrogens is 2. The van der Waals surface area contributed by atoms with Crippen LogP contribution in [0, 0.1) is 0 Å². The van der Waals surface area contributed by atoms with Crippen molar-refractivity contribution in [3.63, 3.8) is 0 Å². The quantitative estimate of drug-likeness (QED) is 0.895. The Bertz CT molecular complexity index is 516. The van der Waals surface area contributed by atoms with Crippen LogP contribution in [-0.4, -0.2) is 16.2 Å². The zero-order chi connectivity index (χ0) is 13.8. The summed E-state index contributed by atoms with van der Waals surface area (Å²) in [6.45, 7) is 6.40. The number of nitrogens with zero attached hydrogens (tertiary/aromatic N) is 2. The Morgan fingerprint density at radius 1 is 1.21 bits per heavy atom. The fourth-order valence-electron chi connectivity index (χ4n) is 1.84. The van der Waals surface area contributed by atoms with Gasteiger partial charge in [-0.05, 0) is 17.9 Å². The second-order valence-corrected chi connectivity index (χ2v) is 5.16. The van der Waals surface area contributed by atoms with Gasteiger partial charge < -0.3 is 10.3 Å². The first-order valence-corrected chi connectivity index (χ1v) is 6.78. The predicted octanol–water partition coefficient (Wildman–Crippen LogP) is 3.14. The Labute approximate surface area is 114 Å². The molecule has 0 radical (unpaired) electrons. The van der Waals surface area contributed by atoms with E-state index in [1.807, 2.05) is 19.1 Å². The van der Waals surface area contributed by atoms with Gasteiger partial charge in [0.2, 0.25) is 11.7 Å². The maximum atomic E-state index is 5.88. The minimum atomic E-state index is 0.0802. The molecule has 0 amide bonds. The van der Waals surface area contributed by atoms with Crippen LogP contribution in [0.4, 0.5) is 0 Å². The molecule has 102 valence electrons. The van der Waals surface area contributed by atoms with E-state index in [1.165, 1.54) is 5.56 Å². The molecule has 1 aromatic heterocycles. The van der Waals surface area contributed by atoms with E-state index in [-0.39, 0.29) is 6.04 Å². The summed E-state index contributed by atoms with van der Waals surface area (Å²) in [7, 11) is 0. The van der Waals surface area contributed by atoms with E-state index in [1.54, 1.807) is 0 Å².